The van der Waals surface area contributed by atoms with Crippen LogP contribution in [-0.4, -0.2) is 34.0 Å². The van der Waals surface area contributed by atoms with Crippen molar-refractivity contribution in [3.05, 3.63) is 59.4 Å². The minimum Gasteiger partial charge on any atom is -0.381 e. The number of amidine groups is 1. The average molecular weight is 432 g/mol. The number of anilines is 1. The highest BCUT2D eigenvalue weighted by atomic mass is 32.2. The Morgan fingerprint density at radius 2 is 2.00 bits per heavy atom. The van der Waals surface area contributed by atoms with E-state index < -0.39 is 23.1 Å². The third-order valence-corrected chi connectivity index (χ3v) is 6.80. The van der Waals surface area contributed by atoms with E-state index in [9.17, 15) is 13.6 Å². The first-order valence-electron chi connectivity index (χ1n) is 9.64. The first-order valence-corrected chi connectivity index (χ1v) is 10.5. The molecular weight excluding hydrogens is 410 g/mol. The van der Waals surface area contributed by atoms with Crippen LogP contribution in [0.25, 0.3) is 0 Å². The monoisotopic (exact) mass is 432 g/mol. The van der Waals surface area contributed by atoms with E-state index in [4.69, 9.17) is 10.5 Å². The Kier molecular flexibility index (Phi) is 5.50. The predicted octanol–water partition coefficient (Wildman–Crippen LogP) is 3.83. The first kappa shape index (κ1) is 20.7. The van der Waals surface area contributed by atoms with Gasteiger partial charge in [-0.1, -0.05) is 11.8 Å². The zero-order valence-electron chi connectivity index (χ0n) is 16.5. The molecule has 6 nitrogen and oxygen atoms in total. The van der Waals surface area contributed by atoms with Gasteiger partial charge in [-0.15, -0.1) is 0 Å². The number of aromatic nitrogens is 1. The molecule has 1 amide bonds. The fourth-order valence-corrected chi connectivity index (χ4v) is 5.50. The summed E-state index contributed by atoms with van der Waals surface area (Å²) in [5, 5.41) is 3.11. The van der Waals surface area contributed by atoms with E-state index in [0.29, 0.717) is 36.1 Å². The molecule has 30 heavy (non-hydrogen) atoms. The van der Waals surface area contributed by atoms with Gasteiger partial charge < -0.3 is 15.8 Å². The van der Waals surface area contributed by atoms with Crippen molar-refractivity contribution < 1.29 is 18.3 Å². The SMILES string of the molecule is C[C@@]1(c2cc(NC(=O)c3ccc(F)cn3)ccc2F)CC2(CCOCC2)SC(N)=N1. The second kappa shape index (κ2) is 7.96. The van der Waals surface area contributed by atoms with Gasteiger partial charge >= 0.3 is 0 Å². The normalized spacial score (nSPS) is 23.1. The number of hydrogen-bond donors (Lipinski definition) is 2. The number of carbonyl (C=O) groups is 1. The number of aliphatic imine (C=N–C) groups is 1. The Bertz CT molecular complexity index is 993. The molecule has 0 bridgehead atoms. The Morgan fingerprint density at radius 3 is 2.70 bits per heavy atom. The maximum atomic E-state index is 14.9. The van der Waals surface area contributed by atoms with Gasteiger partial charge in [0.15, 0.2) is 5.17 Å². The summed E-state index contributed by atoms with van der Waals surface area (Å²) in [6.07, 6.45) is 3.22. The molecule has 0 saturated carbocycles. The summed E-state index contributed by atoms with van der Waals surface area (Å²) in [5.41, 5.74) is 6.11. The number of nitrogens with zero attached hydrogens (tertiary/aromatic N) is 2. The molecule has 4 rings (SSSR count). The maximum Gasteiger partial charge on any atom is 0.274 e. The molecule has 1 spiro atoms. The summed E-state index contributed by atoms with van der Waals surface area (Å²) in [4.78, 5) is 20.8. The van der Waals surface area contributed by atoms with Crippen molar-refractivity contribution in [2.24, 2.45) is 10.7 Å². The van der Waals surface area contributed by atoms with Crippen LogP contribution < -0.4 is 11.1 Å². The van der Waals surface area contributed by atoms with Crippen molar-refractivity contribution in [1.82, 2.24) is 4.98 Å². The van der Waals surface area contributed by atoms with Gasteiger partial charge in [-0.3, -0.25) is 9.79 Å². The lowest BCUT2D eigenvalue weighted by Gasteiger charge is -2.45. The highest BCUT2D eigenvalue weighted by Crippen LogP contribution is 2.50. The number of nitrogens with two attached hydrogens (primary N) is 1. The highest BCUT2D eigenvalue weighted by molar-refractivity contribution is 8.15. The molecule has 3 heterocycles. The van der Waals surface area contributed by atoms with Crippen LogP contribution in [-0.2, 0) is 10.3 Å². The smallest absolute Gasteiger partial charge is 0.274 e. The number of ether oxygens (including phenoxy) is 1. The molecule has 158 valence electrons. The molecule has 1 saturated heterocycles. The van der Waals surface area contributed by atoms with Gasteiger partial charge in [0.05, 0.1) is 11.7 Å². The molecule has 2 aliphatic heterocycles. The summed E-state index contributed by atoms with van der Waals surface area (Å²) >= 11 is 1.54. The van der Waals surface area contributed by atoms with Gasteiger partial charge in [0, 0.05) is 29.2 Å². The topological polar surface area (TPSA) is 89.6 Å². The number of hydrogen-bond acceptors (Lipinski definition) is 6. The third kappa shape index (κ3) is 4.17. The number of rotatable bonds is 3. The van der Waals surface area contributed by atoms with Gasteiger partial charge in [-0.05, 0) is 56.5 Å². The van der Waals surface area contributed by atoms with Crippen molar-refractivity contribution in [1.29, 1.82) is 0 Å². The number of amides is 1. The molecule has 9 heteroatoms. The van der Waals surface area contributed by atoms with Gasteiger partial charge in [0.2, 0.25) is 0 Å². The predicted molar refractivity (Wildman–Crippen MR) is 113 cm³/mol. The Hall–Kier alpha value is -2.52. The van der Waals surface area contributed by atoms with E-state index >= 15 is 0 Å². The van der Waals surface area contributed by atoms with E-state index in [1.54, 1.807) is 17.8 Å². The van der Waals surface area contributed by atoms with Crippen molar-refractivity contribution >= 4 is 28.5 Å². The Morgan fingerprint density at radius 1 is 1.23 bits per heavy atom. The lowest BCUT2D eigenvalue weighted by Crippen LogP contribution is -2.45. The standard InChI is InChI=1S/C21H22F2N4O2S/c1-20(12-21(30-19(24)27-20)6-8-29-9-7-21)15-10-14(3-4-16(15)23)26-18(28)17-5-2-13(22)11-25-17/h2-5,10-11H,6-9,12H2,1H3,(H2,24,27)(H,26,28)/t20-/m0/s1. The fourth-order valence-electron chi connectivity index (χ4n) is 4.09. The summed E-state index contributed by atoms with van der Waals surface area (Å²) in [7, 11) is 0. The summed E-state index contributed by atoms with van der Waals surface area (Å²) in [6.45, 7) is 3.14. The Balaban J connectivity index is 1.63. The van der Waals surface area contributed by atoms with Crippen LogP contribution in [0, 0.1) is 11.6 Å². The lowest BCUT2D eigenvalue weighted by molar-refractivity contribution is 0.0690. The zero-order valence-corrected chi connectivity index (χ0v) is 17.3. The van der Waals surface area contributed by atoms with E-state index in [-0.39, 0.29) is 10.4 Å². The lowest BCUT2D eigenvalue weighted by atomic mass is 9.79. The van der Waals surface area contributed by atoms with Crippen molar-refractivity contribution in [2.75, 3.05) is 18.5 Å². The fraction of sp³-hybridized carbons (Fsp3) is 0.381. The van der Waals surface area contributed by atoms with E-state index in [1.165, 1.54) is 18.2 Å². The number of nitrogens with one attached hydrogen (secondary N) is 1. The minimum atomic E-state index is -0.869. The minimum absolute atomic E-state index is 0.0611. The molecule has 1 fully saturated rings. The average Bonchev–Trinajstić information content (AvgIpc) is 2.69. The van der Waals surface area contributed by atoms with Gasteiger partial charge in [0.1, 0.15) is 17.3 Å². The molecule has 0 aliphatic carbocycles. The molecule has 2 aromatic rings. The molecule has 0 unspecified atom stereocenters. The third-order valence-electron chi connectivity index (χ3n) is 5.51. The number of carbonyl (C=O) groups excluding carboxylic acids is 1. The van der Waals surface area contributed by atoms with Gasteiger partial charge in [0.25, 0.3) is 5.91 Å². The second-order valence-corrected chi connectivity index (χ2v) is 9.30. The summed E-state index contributed by atoms with van der Waals surface area (Å²) in [6, 6.07) is 6.80. The molecule has 3 N–H and O–H groups in total. The second-order valence-electron chi connectivity index (χ2n) is 7.81. The molecule has 1 aromatic carbocycles. The van der Waals surface area contributed by atoms with E-state index in [0.717, 1.165) is 25.1 Å². The van der Waals surface area contributed by atoms with Crippen LogP contribution in [0.4, 0.5) is 14.5 Å². The zero-order chi connectivity index (χ0) is 21.4. The number of pyridine rings is 1. The maximum absolute atomic E-state index is 14.9. The molecule has 2 aliphatic rings. The van der Waals surface area contributed by atoms with Gasteiger partial charge in [-0.2, -0.15) is 0 Å². The molecule has 1 aromatic heterocycles. The van der Waals surface area contributed by atoms with E-state index in [2.05, 4.69) is 15.3 Å². The Labute approximate surface area is 177 Å². The van der Waals surface area contributed by atoms with Crippen molar-refractivity contribution in [3.63, 3.8) is 0 Å². The number of thioether (sulfide) groups is 1. The van der Waals surface area contributed by atoms with Crippen LogP contribution in [0.2, 0.25) is 0 Å². The van der Waals surface area contributed by atoms with E-state index in [1.807, 2.05) is 6.92 Å². The highest BCUT2D eigenvalue weighted by Gasteiger charge is 2.46. The van der Waals surface area contributed by atoms with Crippen LogP contribution in [0.5, 0.6) is 0 Å². The van der Waals surface area contributed by atoms with Crippen molar-refractivity contribution in [3.8, 4) is 0 Å². The van der Waals surface area contributed by atoms with Gasteiger partial charge in [-0.25, -0.2) is 13.8 Å². The number of benzene rings is 1. The summed E-state index contributed by atoms with van der Waals surface area (Å²) < 4.78 is 33.3. The van der Waals surface area contributed by atoms with Crippen molar-refractivity contribution in [2.45, 2.75) is 36.5 Å². The molecule has 0 radical (unpaired) electrons. The van der Waals surface area contributed by atoms with Crippen LogP contribution in [0.3, 0.4) is 0 Å². The number of halogens is 2. The van der Waals surface area contributed by atoms with Crippen LogP contribution in [0.1, 0.15) is 42.2 Å². The summed E-state index contributed by atoms with van der Waals surface area (Å²) in [5.74, 6) is -1.46. The van der Waals surface area contributed by atoms with Crippen LogP contribution >= 0.6 is 11.8 Å². The van der Waals surface area contributed by atoms with Crippen LogP contribution in [0.15, 0.2) is 41.5 Å². The molecule has 1 atom stereocenters. The largest absolute Gasteiger partial charge is 0.381 e. The first-order chi connectivity index (χ1) is 14.3. The quantitative estimate of drug-likeness (QED) is 0.770. The molecular formula is C21H22F2N4O2S.